The van der Waals surface area contributed by atoms with Crippen LogP contribution in [0.15, 0.2) is 229 Å². The molecule has 17 rings (SSSR count). The molecule has 0 saturated carbocycles. The zero-order valence-corrected chi connectivity index (χ0v) is 40.4. The zero-order chi connectivity index (χ0) is 48.0. The lowest BCUT2D eigenvalue weighted by atomic mass is 9.61. The molecule has 0 atom stereocenters. The summed E-state index contributed by atoms with van der Waals surface area (Å²) in [6.07, 6.45) is 4.58. The normalized spacial score (nSPS) is 15.8. The number of rotatable bonds is 3. The topological polar surface area (TPSA) is 16.4 Å². The molecular weight excluding hydrogens is 883 g/mol. The van der Waals surface area contributed by atoms with Crippen molar-refractivity contribution < 1.29 is 4.42 Å². The van der Waals surface area contributed by atoms with E-state index >= 15 is 0 Å². The van der Waals surface area contributed by atoms with Gasteiger partial charge in [-0.3, -0.25) is 0 Å². The summed E-state index contributed by atoms with van der Waals surface area (Å²) in [7, 11) is 0. The van der Waals surface area contributed by atoms with Gasteiger partial charge < -0.3 is 9.32 Å². The van der Waals surface area contributed by atoms with E-state index in [0.29, 0.717) is 0 Å². The van der Waals surface area contributed by atoms with Gasteiger partial charge in [0, 0.05) is 21.8 Å². The van der Waals surface area contributed by atoms with E-state index in [1.807, 2.05) is 0 Å². The van der Waals surface area contributed by atoms with Crippen molar-refractivity contribution in [1.82, 2.24) is 0 Å². The highest BCUT2D eigenvalue weighted by Crippen LogP contribution is 2.65. The number of nitrogens with zero attached hydrogens (tertiary/aromatic N) is 1. The molecular formula is C71H45NO. The Kier molecular flexibility index (Phi) is 7.45. The second kappa shape index (κ2) is 13.7. The number of anilines is 3. The Morgan fingerprint density at radius 3 is 1.56 bits per heavy atom. The highest BCUT2D eigenvalue weighted by Gasteiger charge is 2.52. The third-order valence-electron chi connectivity index (χ3n) is 17.9. The van der Waals surface area contributed by atoms with E-state index in [1.165, 1.54) is 122 Å². The molecule has 1 spiro atoms. The lowest BCUT2D eigenvalue weighted by Crippen LogP contribution is -2.32. The van der Waals surface area contributed by atoms with E-state index < -0.39 is 10.8 Å². The van der Waals surface area contributed by atoms with E-state index in [-0.39, 0.29) is 5.41 Å². The fraction of sp³-hybridized carbons (Fsp3) is 0.0704. The van der Waals surface area contributed by atoms with Crippen LogP contribution in [0.25, 0.3) is 78.2 Å². The summed E-state index contributed by atoms with van der Waals surface area (Å²) in [5.74, 6) is 0. The molecule has 1 aromatic heterocycles. The van der Waals surface area contributed by atoms with Gasteiger partial charge in [-0.25, -0.2) is 0 Å². The average Bonchev–Trinajstić information content (AvgIpc) is 4.21. The third-order valence-corrected chi connectivity index (χ3v) is 17.9. The minimum atomic E-state index is -0.553. The maximum atomic E-state index is 7.78. The van der Waals surface area contributed by atoms with Crippen LogP contribution in [0.1, 0.15) is 80.6 Å². The Balaban J connectivity index is 0.978. The molecule has 73 heavy (non-hydrogen) atoms. The van der Waals surface area contributed by atoms with E-state index in [9.17, 15) is 0 Å². The Morgan fingerprint density at radius 1 is 0.329 bits per heavy atom. The van der Waals surface area contributed by atoms with Gasteiger partial charge in [0.1, 0.15) is 5.58 Å². The molecule has 11 aromatic carbocycles. The van der Waals surface area contributed by atoms with Gasteiger partial charge >= 0.3 is 0 Å². The van der Waals surface area contributed by atoms with Crippen molar-refractivity contribution in [1.29, 1.82) is 0 Å². The van der Waals surface area contributed by atoms with Crippen molar-refractivity contribution in [3.05, 3.63) is 291 Å². The molecule has 340 valence electrons. The highest BCUT2D eigenvalue weighted by molar-refractivity contribution is 6.21. The second-order valence-electron chi connectivity index (χ2n) is 21.4. The van der Waals surface area contributed by atoms with Crippen molar-refractivity contribution in [3.63, 3.8) is 0 Å². The summed E-state index contributed by atoms with van der Waals surface area (Å²) < 4.78 is 7.78. The molecule has 2 heteroatoms. The average molecular weight is 928 g/mol. The van der Waals surface area contributed by atoms with Gasteiger partial charge in [0.2, 0.25) is 0 Å². The van der Waals surface area contributed by atoms with Crippen molar-refractivity contribution in [2.24, 2.45) is 0 Å². The minimum Gasteiger partial charge on any atom is -0.453 e. The standard InChI is InChI=1S/C71H45NO/c1-69(2)56-29-15-16-30-61(56)72(63-41-59-52(40-60(63)69)48-24-11-12-26-53(48)70(59,44-18-5-3-6-19-44)45-20-7-4-8-21-45)62-31-17-25-49-50-37-39-58-66(68(50)73-67(49)62)51-36-34-42-32-33-43-35-38-57(65(51)64(42)43)71(58)54-27-13-9-22-46(54)47-23-10-14-28-55(47)71/h3-41H,1-2H3. The molecule has 0 bridgehead atoms. The molecule has 0 amide bonds. The van der Waals surface area contributed by atoms with Crippen LogP contribution >= 0.6 is 0 Å². The molecule has 12 aromatic rings. The Morgan fingerprint density at radius 2 is 0.877 bits per heavy atom. The van der Waals surface area contributed by atoms with Crippen LogP contribution in [-0.4, -0.2) is 0 Å². The predicted octanol–water partition coefficient (Wildman–Crippen LogP) is 18.0. The molecule has 0 saturated heterocycles. The van der Waals surface area contributed by atoms with Crippen LogP contribution in [-0.2, 0) is 16.2 Å². The number of hydrogen-bond donors (Lipinski definition) is 0. The van der Waals surface area contributed by atoms with Gasteiger partial charge in [0.25, 0.3) is 0 Å². The zero-order valence-electron chi connectivity index (χ0n) is 40.4. The van der Waals surface area contributed by atoms with E-state index in [2.05, 4.69) is 255 Å². The molecule has 0 radical (unpaired) electrons. The number of para-hydroxylation sites is 2. The summed E-state index contributed by atoms with van der Waals surface area (Å²) in [5.41, 5.74) is 26.8. The van der Waals surface area contributed by atoms with Crippen LogP contribution < -0.4 is 4.90 Å². The van der Waals surface area contributed by atoms with Gasteiger partial charge in [-0.1, -0.05) is 226 Å². The Bertz CT molecular complexity index is 4380. The fourth-order valence-electron chi connectivity index (χ4n) is 15.0. The lowest BCUT2D eigenvalue weighted by molar-refractivity contribution is 0.629. The Hall–Kier alpha value is -8.98. The summed E-state index contributed by atoms with van der Waals surface area (Å²) in [4.78, 5) is 2.53. The van der Waals surface area contributed by atoms with Crippen molar-refractivity contribution in [2.75, 3.05) is 4.90 Å². The van der Waals surface area contributed by atoms with E-state index in [1.54, 1.807) is 0 Å². The summed E-state index contributed by atoms with van der Waals surface area (Å²) >= 11 is 0. The molecule has 0 unspecified atom stereocenters. The molecule has 1 aliphatic heterocycles. The molecule has 0 N–H and O–H groups in total. The summed E-state index contributed by atoms with van der Waals surface area (Å²) in [6.45, 7) is 4.81. The quantitative estimate of drug-likeness (QED) is 0.176. The van der Waals surface area contributed by atoms with E-state index in [4.69, 9.17) is 4.42 Å². The summed E-state index contributed by atoms with van der Waals surface area (Å²) in [5, 5.41) is 4.88. The second-order valence-corrected chi connectivity index (χ2v) is 21.4. The Labute approximate surface area is 423 Å². The fourth-order valence-corrected chi connectivity index (χ4v) is 15.0. The minimum absolute atomic E-state index is 0.317. The van der Waals surface area contributed by atoms with Gasteiger partial charge in [-0.2, -0.15) is 0 Å². The van der Waals surface area contributed by atoms with Gasteiger partial charge in [0.05, 0.1) is 27.9 Å². The first-order valence-corrected chi connectivity index (χ1v) is 25.8. The molecule has 2 nitrogen and oxygen atoms in total. The van der Waals surface area contributed by atoms with E-state index in [0.717, 1.165) is 27.6 Å². The van der Waals surface area contributed by atoms with Crippen LogP contribution in [0, 0.1) is 0 Å². The first-order valence-electron chi connectivity index (χ1n) is 25.8. The third kappa shape index (κ3) is 4.63. The number of benzene rings is 11. The first-order chi connectivity index (χ1) is 36.0. The molecule has 5 aliphatic rings. The number of furan rings is 1. The lowest BCUT2D eigenvalue weighted by Gasteiger charge is -2.43. The van der Waals surface area contributed by atoms with Gasteiger partial charge in [0.15, 0.2) is 5.58 Å². The maximum Gasteiger partial charge on any atom is 0.159 e. The van der Waals surface area contributed by atoms with Crippen LogP contribution in [0.3, 0.4) is 0 Å². The number of fused-ring (bicyclic) bond motifs is 18. The SMILES string of the molecule is CC1(C)c2ccccc2N(c2cccc3c2oc2c4c(ccc23)C2(c3ccccc3-c3ccccc32)c2ccc3c5c(ccc-4c25)C=C3)c2cc3c(cc21)-c1ccccc1C3(c1ccccc1)c1ccccc1. The maximum absolute atomic E-state index is 7.78. The van der Waals surface area contributed by atoms with Crippen LogP contribution in [0.2, 0.25) is 0 Å². The molecule has 2 heterocycles. The monoisotopic (exact) mass is 927 g/mol. The van der Waals surface area contributed by atoms with Crippen molar-refractivity contribution in [3.8, 4) is 33.4 Å². The van der Waals surface area contributed by atoms with Gasteiger partial charge in [-0.15, -0.1) is 0 Å². The van der Waals surface area contributed by atoms with Gasteiger partial charge in [-0.05, 0) is 130 Å². The largest absolute Gasteiger partial charge is 0.453 e. The smallest absolute Gasteiger partial charge is 0.159 e. The highest BCUT2D eigenvalue weighted by atomic mass is 16.3. The van der Waals surface area contributed by atoms with Crippen LogP contribution in [0.4, 0.5) is 17.1 Å². The van der Waals surface area contributed by atoms with Crippen molar-refractivity contribution >= 4 is 61.9 Å². The molecule has 0 fully saturated rings. The van der Waals surface area contributed by atoms with Crippen molar-refractivity contribution in [2.45, 2.75) is 30.1 Å². The predicted molar refractivity (Wildman–Crippen MR) is 301 cm³/mol. The first kappa shape index (κ1) is 39.7. The summed E-state index contributed by atoms with van der Waals surface area (Å²) in [6, 6.07) is 84.8. The van der Waals surface area contributed by atoms with Crippen LogP contribution in [0.5, 0.6) is 0 Å². The molecule has 4 aliphatic carbocycles. The number of hydrogen-bond acceptors (Lipinski definition) is 2.